The van der Waals surface area contributed by atoms with Crippen molar-refractivity contribution in [3.05, 3.63) is 29.7 Å². The lowest BCUT2D eigenvalue weighted by Gasteiger charge is -2.03. The third-order valence-electron chi connectivity index (χ3n) is 1.94. The summed E-state index contributed by atoms with van der Waals surface area (Å²) in [6.07, 6.45) is 3.44. The lowest BCUT2D eigenvalue weighted by molar-refractivity contribution is 0.452. The van der Waals surface area contributed by atoms with Gasteiger partial charge in [0.15, 0.2) is 10.9 Å². The fraction of sp³-hybridized carbons (Fsp3) is 0.300. The number of rotatable bonds is 3. The third kappa shape index (κ3) is 2.49. The van der Waals surface area contributed by atoms with Crippen LogP contribution in [0.2, 0.25) is 5.15 Å². The molecule has 6 heteroatoms. The highest BCUT2D eigenvalue weighted by Crippen LogP contribution is 2.19. The maximum absolute atomic E-state index is 5.61. The molecule has 16 heavy (non-hydrogen) atoms. The Morgan fingerprint density at radius 1 is 1.31 bits per heavy atom. The van der Waals surface area contributed by atoms with Crippen LogP contribution >= 0.6 is 11.6 Å². The molecule has 0 radical (unpaired) electrons. The Hall–Kier alpha value is -1.62. The maximum atomic E-state index is 5.61. The fourth-order valence-corrected chi connectivity index (χ4v) is 1.24. The molecule has 0 spiro atoms. The van der Waals surface area contributed by atoms with Gasteiger partial charge in [-0.1, -0.05) is 11.6 Å². The number of halogens is 1. The minimum atomic E-state index is 0.300. The first-order valence-electron chi connectivity index (χ1n) is 4.86. The molecule has 0 fully saturated rings. The van der Waals surface area contributed by atoms with Crippen molar-refractivity contribution in [2.75, 3.05) is 0 Å². The quantitative estimate of drug-likeness (QED) is 0.825. The standard InChI is InChI=1S/C10H11ClN4O/c1-7(2)15-6-8(5-12-15)16-10-4-3-9(11)13-14-10/h3-7H,1-2H3. The Balaban J connectivity index is 2.11. The molecule has 2 aromatic rings. The van der Waals surface area contributed by atoms with E-state index in [0.29, 0.717) is 22.8 Å². The first kappa shape index (κ1) is 10.9. The Morgan fingerprint density at radius 2 is 2.12 bits per heavy atom. The number of nitrogens with zero attached hydrogens (tertiary/aromatic N) is 4. The predicted octanol–water partition coefficient (Wildman–Crippen LogP) is 2.70. The van der Waals surface area contributed by atoms with Gasteiger partial charge in [-0.2, -0.15) is 5.10 Å². The van der Waals surface area contributed by atoms with Crippen LogP contribution in [-0.2, 0) is 0 Å². The molecule has 0 bridgehead atoms. The monoisotopic (exact) mass is 238 g/mol. The maximum Gasteiger partial charge on any atom is 0.239 e. The van der Waals surface area contributed by atoms with E-state index >= 15 is 0 Å². The lowest BCUT2D eigenvalue weighted by atomic mass is 10.4. The van der Waals surface area contributed by atoms with E-state index < -0.39 is 0 Å². The molecule has 0 aliphatic heterocycles. The van der Waals surface area contributed by atoms with E-state index in [-0.39, 0.29) is 0 Å². The summed E-state index contributed by atoms with van der Waals surface area (Å²) in [5.41, 5.74) is 0. The van der Waals surface area contributed by atoms with Crippen molar-refractivity contribution in [3.63, 3.8) is 0 Å². The van der Waals surface area contributed by atoms with Crippen LogP contribution in [0, 0.1) is 0 Å². The van der Waals surface area contributed by atoms with Crippen LogP contribution in [0.25, 0.3) is 0 Å². The smallest absolute Gasteiger partial charge is 0.239 e. The van der Waals surface area contributed by atoms with Crippen LogP contribution in [-0.4, -0.2) is 20.0 Å². The first-order valence-corrected chi connectivity index (χ1v) is 5.24. The zero-order valence-corrected chi connectivity index (χ0v) is 9.72. The summed E-state index contributed by atoms with van der Waals surface area (Å²) in [7, 11) is 0. The molecule has 0 saturated heterocycles. The fourth-order valence-electron chi connectivity index (χ4n) is 1.13. The van der Waals surface area contributed by atoms with Gasteiger partial charge < -0.3 is 4.74 Å². The summed E-state index contributed by atoms with van der Waals surface area (Å²) >= 11 is 5.61. The minimum Gasteiger partial charge on any atom is -0.434 e. The van der Waals surface area contributed by atoms with Gasteiger partial charge in [0.05, 0.1) is 12.4 Å². The van der Waals surface area contributed by atoms with Crippen molar-refractivity contribution in [1.82, 2.24) is 20.0 Å². The Labute approximate surface area is 98.0 Å². The van der Waals surface area contributed by atoms with E-state index in [1.54, 1.807) is 29.2 Å². The highest BCUT2D eigenvalue weighted by atomic mass is 35.5. The summed E-state index contributed by atoms with van der Waals surface area (Å²) < 4.78 is 7.25. The van der Waals surface area contributed by atoms with Gasteiger partial charge in [0.1, 0.15) is 0 Å². The third-order valence-corrected chi connectivity index (χ3v) is 2.14. The van der Waals surface area contributed by atoms with Crippen LogP contribution in [0.4, 0.5) is 0 Å². The molecule has 0 aliphatic rings. The average Bonchev–Trinajstić information content (AvgIpc) is 2.70. The summed E-state index contributed by atoms with van der Waals surface area (Å²) in [4.78, 5) is 0. The van der Waals surface area contributed by atoms with E-state index in [9.17, 15) is 0 Å². The first-order chi connectivity index (χ1) is 7.65. The Kier molecular flexibility index (Phi) is 3.05. The summed E-state index contributed by atoms with van der Waals surface area (Å²) in [6, 6.07) is 3.58. The Bertz CT molecular complexity index is 466. The molecule has 0 aromatic carbocycles. The second kappa shape index (κ2) is 4.49. The summed E-state index contributed by atoms with van der Waals surface area (Å²) in [6.45, 7) is 4.08. The number of ether oxygens (including phenoxy) is 1. The second-order valence-corrected chi connectivity index (χ2v) is 3.93. The van der Waals surface area contributed by atoms with E-state index in [0.717, 1.165) is 0 Å². The highest BCUT2D eigenvalue weighted by molar-refractivity contribution is 6.29. The number of hydrogen-bond donors (Lipinski definition) is 0. The van der Waals surface area contributed by atoms with Crippen LogP contribution in [0.1, 0.15) is 19.9 Å². The lowest BCUT2D eigenvalue weighted by Crippen LogP contribution is -1.99. The van der Waals surface area contributed by atoms with E-state index in [1.165, 1.54) is 0 Å². The largest absolute Gasteiger partial charge is 0.434 e. The number of hydrogen-bond acceptors (Lipinski definition) is 4. The van der Waals surface area contributed by atoms with E-state index in [1.807, 2.05) is 13.8 Å². The molecule has 0 saturated carbocycles. The molecule has 84 valence electrons. The van der Waals surface area contributed by atoms with Gasteiger partial charge in [-0.15, -0.1) is 10.2 Å². The highest BCUT2D eigenvalue weighted by Gasteiger charge is 2.04. The van der Waals surface area contributed by atoms with Gasteiger partial charge in [-0.3, -0.25) is 4.68 Å². The normalized spacial score (nSPS) is 10.8. The minimum absolute atomic E-state index is 0.300. The zero-order chi connectivity index (χ0) is 11.5. The Morgan fingerprint density at radius 3 is 2.69 bits per heavy atom. The molecule has 0 amide bonds. The molecule has 2 aromatic heterocycles. The predicted molar refractivity (Wildman–Crippen MR) is 59.7 cm³/mol. The van der Waals surface area contributed by atoms with Crippen molar-refractivity contribution in [2.24, 2.45) is 0 Å². The molecular formula is C10H11ClN4O. The van der Waals surface area contributed by atoms with Gasteiger partial charge in [-0.25, -0.2) is 0 Å². The van der Waals surface area contributed by atoms with Crippen molar-refractivity contribution in [2.45, 2.75) is 19.9 Å². The molecule has 0 N–H and O–H groups in total. The van der Waals surface area contributed by atoms with Crippen molar-refractivity contribution >= 4 is 11.6 Å². The summed E-state index contributed by atoms with van der Waals surface area (Å²) in [5, 5.41) is 12.0. The topological polar surface area (TPSA) is 52.8 Å². The molecular weight excluding hydrogens is 228 g/mol. The van der Waals surface area contributed by atoms with Crippen molar-refractivity contribution in [3.8, 4) is 11.6 Å². The van der Waals surface area contributed by atoms with Gasteiger partial charge >= 0.3 is 0 Å². The van der Waals surface area contributed by atoms with Crippen LogP contribution in [0.3, 0.4) is 0 Å². The van der Waals surface area contributed by atoms with Gasteiger partial charge in [0.25, 0.3) is 0 Å². The van der Waals surface area contributed by atoms with Crippen LogP contribution in [0.5, 0.6) is 11.6 Å². The van der Waals surface area contributed by atoms with Crippen molar-refractivity contribution in [1.29, 1.82) is 0 Å². The molecule has 0 aliphatic carbocycles. The molecule has 2 heterocycles. The molecule has 5 nitrogen and oxygen atoms in total. The second-order valence-electron chi connectivity index (χ2n) is 3.55. The molecule has 0 unspecified atom stereocenters. The number of aromatic nitrogens is 4. The molecule has 0 atom stereocenters. The van der Waals surface area contributed by atoms with Gasteiger partial charge in [0, 0.05) is 12.1 Å². The van der Waals surface area contributed by atoms with Gasteiger partial charge in [-0.05, 0) is 19.9 Å². The van der Waals surface area contributed by atoms with Crippen LogP contribution < -0.4 is 4.74 Å². The van der Waals surface area contributed by atoms with E-state index in [2.05, 4.69) is 15.3 Å². The molecule has 2 rings (SSSR count). The van der Waals surface area contributed by atoms with Crippen molar-refractivity contribution < 1.29 is 4.74 Å². The average molecular weight is 239 g/mol. The zero-order valence-electron chi connectivity index (χ0n) is 8.96. The van der Waals surface area contributed by atoms with Gasteiger partial charge in [0.2, 0.25) is 5.88 Å². The van der Waals surface area contributed by atoms with E-state index in [4.69, 9.17) is 16.3 Å². The summed E-state index contributed by atoms with van der Waals surface area (Å²) in [5.74, 6) is 1.03. The van der Waals surface area contributed by atoms with Crippen LogP contribution in [0.15, 0.2) is 24.5 Å². The SMILES string of the molecule is CC(C)n1cc(Oc2ccc(Cl)nn2)cn1.